The molecular weight excluding hydrogens is 236 g/mol. The van der Waals surface area contributed by atoms with Crippen LogP contribution in [0.1, 0.15) is 33.3 Å². The molecule has 0 saturated heterocycles. The molecule has 3 heteroatoms. The number of carbonyl (C=O) groups is 1. The molecule has 1 N–H and O–H groups in total. The zero-order chi connectivity index (χ0) is 14.0. The van der Waals surface area contributed by atoms with Crippen LogP contribution in [0.2, 0.25) is 0 Å². The average molecular weight is 258 g/mol. The summed E-state index contributed by atoms with van der Waals surface area (Å²) in [6.45, 7) is 9.04. The van der Waals surface area contributed by atoms with Gasteiger partial charge >= 0.3 is 0 Å². The van der Waals surface area contributed by atoms with Crippen LogP contribution in [0.5, 0.6) is 0 Å². The second-order valence-corrected chi connectivity index (χ2v) is 6.15. The second-order valence-electron chi connectivity index (χ2n) is 6.15. The molecule has 1 heterocycles. The molecule has 1 amide bonds. The molecule has 1 aromatic heterocycles. The highest BCUT2D eigenvalue weighted by atomic mass is 16.2. The quantitative estimate of drug-likeness (QED) is 0.844. The summed E-state index contributed by atoms with van der Waals surface area (Å²) in [6, 6.07) is 3.85. The van der Waals surface area contributed by atoms with E-state index < -0.39 is 0 Å². The van der Waals surface area contributed by atoms with Gasteiger partial charge in [-0.2, -0.15) is 0 Å². The molecule has 2 atom stereocenters. The Balaban J connectivity index is 1.93. The van der Waals surface area contributed by atoms with Gasteiger partial charge in [-0.25, -0.2) is 0 Å². The predicted octanol–water partition coefficient (Wildman–Crippen LogP) is 2.94. The van der Waals surface area contributed by atoms with Crippen LogP contribution < -0.4 is 5.32 Å². The van der Waals surface area contributed by atoms with Gasteiger partial charge in [-0.3, -0.25) is 9.78 Å². The summed E-state index contributed by atoms with van der Waals surface area (Å²) in [7, 11) is 0. The highest BCUT2D eigenvalue weighted by Crippen LogP contribution is 2.59. The molecule has 19 heavy (non-hydrogen) atoms. The third kappa shape index (κ3) is 3.03. The van der Waals surface area contributed by atoms with Crippen molar-refractivity contribution in [2.75, 3.05) is 0 Å². The van der Waals surface area contributed by atoms with Gasteiger partial charge in [0.15, 0.2) is 0 Å². The minimum Gasteiger partial charge on any atom is -0.352 e. The minimum atomic E-state index is 0.0797. The molecule has 1 saturated carbocycles. The van der Waals surface area contributed by atoms with Crippen LogP contribution in [0.25, 0.3) is 0 Å². The topological polar surface area (TPSA) is 42.0 Å². The number of aromatic nitrogens is 1. The number of rotatable bonds is 4. The van der Waals surface area contributed by atoms with Gasteiger partial charge in [0.05, 0.1) is 5.92 Å². The van der Waals surface area contributed by atoms with E-state index in [2.05, 4.69) is 44.1 Å². The second kappa shape index (κ2) is 5.16. The summed E-state index contributed by atoms with van der Waals surface area (Å²) >= 11 is 0. The summed E-state index contributed by atoms with van der Waals surface area (Å²) in [4.78, 5) is 16.3. The Kier molecular flexibility index (Phi) is 3.74. The van der Waals surface area contributed by atoms with Gasteiger partial charge in [-0.05, 0) is 36.8 Å². The van der Waals surface area contributed by atoms with Crippen LogP contribution in [0, 0.1) is 17.3 Å². The Bertz CT molecular complexity index is 487. The van der Waals surface area contributed by atoms with E-state index in [0.717, 1.165) is 5.56 Å². The number of hydrogen-bond acceptors (Lipinski definition) is 2. The molecule has 1 fully saturated rings. The molecule has 2 rings (SSSR count). The number of hydrogen-bond donors (Lipinski definition) is 1. The molecule has 1 aliphatic carbocycles. The van der Waals surface area contributed by atoms with E-state index in [-0.39, 0.29) is 17.2 Å². The summed E-state index contributed by atoms with van der Waals surface area (Å²) in [5.41, 5.74) is 2.39. The van der Waals surface area contributed by atoms with E-state index in [1.165, 1.54) is 5.57 Å². The zero-order valence-electron chi connectivity index (χ0n) is 12.1. The van der Waals surface area contributed by atoms with E-state index in [0.29, 0.717) is 12.5 Å². The van der Waals surface area contributed by atoms with Crippen molar-refractivity contribution in [1.29, 1.82) is 0 Å². The summed E-state index contributed by atoms with van der Waals surface area (Å²) in [6.07, 6.45) is 5.74. The first kappa shape index (κ1) is 13.8. The monoisotopic (exact) mass is 258 g/mol. The first-order valence-electron chi connectivity index (χ1n) is 6.74. The van der Waals surface area contributed by atoms with Gasteiger partial charge in [0.2, 0.25) is 5.91 Å². The normalized spacial score (nSPS) is 23.6. The number of nitrogens with one attached hydrogen (secondary N) is 1. The van der Waals surface area contributed by atoms with E-state index in [1.54, 1.807) is 12.4 Å². The van der Waals surface area contributed by atoms with Crippen molar-refractivity contribution in [1.82, 2.24) is 10.3 Å². The van der Waals surface area contributed by atoms with Crippen LogP contribution >= 0.6 is 0 Å². The van der Waals surface area contributed by atoms with E-state index >= 15 is 0 Å². The minimum absolute atomic E-state index is 0.0797. The van der Waals surface area contributed by atoms with E-state index in [9.17, 15) is 4.79 Å². The summed E-state index contributed by atoms with van der Waals surface area (Å²) in [5.74, 6) is 0.613. The Morgan fingerprint density at radius 3 is 2.79 bits per heavy atom. The number of carbonyl (C=O) groups excluding carboxylic acids is 1. The Hall–Kier alpha value is -1.64. The number of allylic oxidation sites excluding steroid dienone is 2. The number of nitrogens with zero attached hydrogens (tertiary/aromatic N) is 1. The number of amides is 1. The van der Waals surface area contributed by atoms with Gasteiger partial charge in [0, 0.05) is 18.9 Å². The largest absolute Gasteiger partial charge is 0.352 e. The van der Waals surface area contributed by atoms with Crippen molar-refractivity contribution in [3.05, 3.63) is 41.7 Å². The Morgan fingerprint density at radius 1 is 1.47 bits per heavy atom. The fourth-order valence-electron chi connectivity index (χ4n) is 2.65. The van der Waals surface area contributed by atoms with Crippen molar-refractivity contribution < 1.29 is 4.79 Å². The lowest BCUT2D eigenvalue weighted by Crippen LogP contribution is -2.26. The lowest BCUT2D eigenvalue weighted by Gasteiger charge is -2.05. The lowest BCUT2D eigenvalue weighted by molar-refractivity contribution is -0.123. The van der Waals surface area contributed by atoms with Crippen molar-refractivity contribution in [2.45, 2.75) is 34.2 Å². The molecule has 0 spiro atoms. The molecule has 0 aromatic carbocycles. The van der Waals surface area contributed by atoms with E-state index in [1.807, 2.05) is 12.1 Å². The highest BCUT2D eigenvalue weighted by molar-refractivity contribution is 5.83. The molecule has 0 radical (unpaired) electrons. The zero-order valence-corrected chi connectivity index (χ0v) is 12.1. The van der Waals surface area contributed by atoms with Gasteiger partial charge < -0.3 is 5.32 Å². The van der Waals surface area contributed by atoms with Crippen molar-refractivity contribution in [2.24, 2.45) is 17.3 Å². The van der Waals surface area contributed by atoms with Crippen LogP contribution in [0.15, 0.2) is 36.2 Å². The van der Waals surface area contributed by atoms with Crippen LogP contribution in [0.4, 0.5) is 0 Å². The van der Waals surface area contributed by atoms with E-state index in [4.69, 9.17) is 0 Å². The first-order chi connectivity index (χ1) is 8.93. The average Bonchev–Trinajstić information content (AvgIpc) is 2.88. The first-order valence-corrected chi connectivity index (χ1v) is 6.74. The maximum Gasteiger partial charge on any atom is 0.224 e. The molecule has 102 valence electrons. The van der Waals surface area contributed by atoms with Gasteiger partial charge in [0.25, 0.3) is 0 Å². The molecule has 0 bridgehead atoms. The van der Waals surface area contributed by atoms with Gasteiger partial charge in [-0.15, -0.1) is 0 Å². The van der Waals surface area contributed by atoms with Gasteiger partial charge in [0.1, 0.15) is 0 Å². The van der Waals surface area contributed by atoms with Gasteiger partial charge in [-0.1, -0.05) is 31.6 Å². The molecule has 3 nitrogen and oxygen atoms in total. The van der Waals surface area contributed by atoms with Crippen molar-refractivity contribution in [3.63, 3.8) is 0 Å². The maximum absolute atomic E-state index is 12.2. The highest BCUT2D eigenvalue weighted by Gasteiger charge is 2.60. The summed E-state index contributed by atoms with van der Waals surface area (Å²) < 4.78 is 0. The summed E-state index contributed by atoms with van der Waals surface area (Å²) in [5, 5.41) is 3.01. The smallest absolute Gasteiger partial charge is 0.224 e. The Morgan fingerprint density at radius 2 is 2.21 bits per heavy atom. The number of pyridine rings is 1. The van der Waals surface area contributed by atoms with Crippen LogP contribution in [-0.2, 0) is 11.3 Å². The maximum atomic E-state index is 12.2. The standard InChI is InChI=1S/C16H22N2O/c1-11(2)8-13-14(16(13,3)4)15(19)18-10-12-6-5-7-17-9-12/h5-9,13-14H,10H2,1-4H3,(H,18,19). The molecular formula is C16H22N2O. The fraction of sp³-hybridized carbons (Fsp3) is 0.500. The molecule has 0 aliphatic heterocycles. The predicted molar refractivity (Wildman–Crippen MR) is 76.3 cm³/mol. The SMILES string of the molecule is CC(C)=CC1C(C(=O)NCc2cccnc2)C1(C)C. The third-order valence-corrected chi connectivity index (χ3v) is 3.90. The van der Waals surface area contributed by atoms with Crippen LogP contribution in [0.3, 0.4) is 0 Å². The molecule has 2 unspecified atom stereocenters. The van der Waals surface area contributed by atoms with Crippen molar-refractivity contribution in [3.8, 4) is 0 Å². The fourth-order valence-corrected chi connectivity index (χ4v) is 2.65. The Labute approximate surface area is 115 Å². The molecule has 1 aliphatic rings. The molecule has 1 aromatic rings. The van der Waals surface area contributed by atoms with Crippen molar-refractivity contribution >= 4 is 5.91 Å². The third-order valence-electron chi connectivity index (χ3n) is 3.90. The lowest BCUT2D eigenvalue weighted by atomic mass is 10.1. The van der Waals surface area contributed by atoms with Crippen LogP contribution in [-0.4, -0.2) is 10.9 Å².